The molecule has 0 saturated carbocycles. The molecular formula is C10H20N+. The first-order chi connectivity index (χ1) is 5.33. The maximum Gasteiger partial charge on any atom is 0.0885 e. The molecule has 0 bridgehead atoms. The van der Waals surface area contributed by atoms with Crippen LogP contribution in [0.2, 0.25) is 0 Å². The van der Waals surface area contributed by atoms with Gasteiger partial charge in [0.25, 0.3) is 0 Å². The molecule has 64 valence electrons. The van der Waals surface area contributed by atoms with Crippen molar-refractivity contribution in [3.8, 4) is 0 Å². The van der Waals surface area contributed by atoms with Crippen LogP contribution in [-0.2, 0) is 0 Å². The topological polar surface area (TPSA) is 0 Å². The third kappa shape index (κ3) is 2.06. The van der Waals surface area contributed by atoms with Crippen molar-refractivity contribution in [2.24, 2.45) is 0 Å². The van der Waals surface area contributed by atoms with Crippen LogP contribution in [0.5, 0.6) is 0 Å². The Hall–Kier alpha value is -0.300. The summed E-state index contributed by atoms with van der Waals surface area (Å²) in [6, 6.07) is 0. The van der Waals surface area contributed by atoms with Gasteiger partial charge in [-0.05, 0) is 32.3 Å². The summed E-state index contributed by atoms with van der Waals surface area (Å²) >= 11 is 0. The van der Waals surface area contributed by atoms with Crippen LogP contribution in [0.4, 0.5) is 0 Å². The zero-order chi connectivity index (χ0) is 8.16. The molecule has 0 atom stereocenters. The van der Waals surface area contributed by atoms with E-state index in [1.165, 1.54) is 49.8 Å². The molecular weight excluding hydrogens is 134 g/mol. The van der Waals surface area contributed by atoms with Gasteiger partial charge in [-0.1, -0.05) is 6.92 Å². The van der Waals surface area contributed by atoms with Gasteiger partial charge in [0.15, 0.2) is 0 Å². The smallest absolute Gasteiger partial charge is 0.0885 e. The molecule has 0 N–H and O–H groups in total. The van der Waals surface area contributed by atoms with Crippen LogP contribution < -0.4 is 0 Å². The molecule has 0 aromatic rings. The van der Waals surface area contributed by atoms with E-state index in [0.717, 1.165) is 0 Å². The highest BCUT2D eigenvalue weighted by Gasteiger charge is 2.25. The zero-order valence-corrected chi connectivity index (χ0v) is 7.68. The summed E-state index contributed by atoms with van der Waals surface area (Å²) in [5.74, 6) is 0. The van der Waals surface area contributed by atoms with Crippen molar-refractivity contribution in [3.05, 3.63) is 12.8 Å². The van der Waals surface area contributed by atoms with Crippen LogP contribution in [0.1, 0.15) is 32.6 Å². The van der Waals surface area contributed by atoms with Crippen LogP contribution >= 0.6 is 0 Å². The second kappa shape index (κ2) is 3.91. The molecule has 0 aliphatic carbocycles. The maximum atomic E-state index is 3.95. The van der Waals surface area contributed by atoms with Gasteiger partial charge in [0.2, 0.25) is 0 Å². The standard InChI is InChI=1S/C10H20N/c1-3-8-11(4-2)9-6-5-7-10-11/h4H,2-3,5-10H2,1H3/q+1. The van der Waals surface area contributed by atoms with Gasteiger partial charge in [-0.3, -0.25) is 4.48 Å². The van der Waals surface area contributed by atoms with Crippen molar-refractivity contribution in [2.45, 2.75) is 32.6 Å². The number of nitrogens with zero attached hydrogens (tertiary/aromatic N) is 1. The number of likely N-dealkylation sites (tertiary alicyclic amines) is 1. The molecule has 11 heavy (non-hydrogen) atoms. The second-order valence-corrected chi connectivity index (χ2v) is 3.63. The molecule has 1 heteroatoms. The van der Waals surface area contributed by atoms with Crippen molar-refractivity contribution in [1.82, 2.24) is 0 Å². The van der Waals surface area contributed by atoms with Gasteiger partial charge >= 0.3 is 0 Å². The first-order valence-corrected chi connectivity index (χ1v) is 4.82. The average molecular weight is 154 g/mol. The minimum absolute atomic E-state index is 1.18. The van der Waals surface area contributed by atoms with Gasteiger partial charge in [-0.15, -0.1) is 0 Å². The van der Waals surface area contributed by atoms with E-state index in [0.29, 0.717) is 0 Å². The highest BCUT2D eigenvalue weighted by atomic mass is 15.3. The van der Waals surface area contributed by atoms with E-state index in [9.17, 15) is 0 Å². The van der Waals surface area contributed by atoms with Crippen molar-refractivity contribution < 1.29 is 4.48 Å². The molecule has 0 amide bonds. The van der Waals surface area contributed by atoms with Gasteiger partial charge in [-0.25, -0.2) is 0 Å². The minimum atomic E-state index is 1.18. The number of piperidine rings is 1. The maximum absolute atomic E-state index is 3.95. The van der Waals surface area contributed by atoms with E-state index in [2.05, 4.69) is 19.7 Å². The first-order valence-electron chi connectivity index (χ1n) is 4.82. The Morgan fingerprint density at radius 1 is 1.27 bits per heavy atom. The number of hydrogen-bond donors (Lipinski definition) is 0. The molecule has 0 radical (unpaired) electrons. The Bertz CT molecular complexity index is 117. The minimum Gasteiger partial charge on any atom is -0.298 e. The van der Waals surface area contributed by atoms with Crippen molar-refractivity contribution >= 4 is 0 Å². The van der Waals surface area contributed by atoms with Crippen LogP contribution in [0.15, 0.2) is 12.8 Å². The lowest BCUT2D eigenvalue weighted by atomic mass is 10.1. The van der Waals surface area contributed by atoms with Gasteiger partial charge in [0.05, 0.1) is 25.8 Å². The van der Waals surface area contributed by atoms with Gasteiger partial charge in [0, 0.05) is 0 Å². The van der Waals surface area contributed by atoms with Crippen LogP contribution in [0.25, 0.3) is 0 Å². The summed E-state index contributed by atoms with van der Waals surface area (Å²) in [7, 11) is 0. The number of quaternary nitrogens is 1. The molecule has 1 fully saturated rings. The monoisotopic (exact) mass is 154 g/mol. The summed E-state index contributed by atoms with van der Waals surface area (Å²) in [5, 5.41) is 0. The van der Waals surface area contributed by atoms with Gasteiger partial charge in [-0.2, -0.15) is 0 Å². The molecule has 1 aliphatic heterocycles. The van der Waals surface area contributed by atoms with E-state index >= 15 is 0 Å². The lowest BCUT2D eigenvalue weighted by Crippen LogP contribution is -2.46. The molecule has 0 aromatic heterocycles. The fourth-order valence-electron chi connectivity index (χ4n) is 2.08. The predicted octanol–water partition coefficient (Wildman–Crippen LogP) is 2.54. The van der Waals surface area contributed by atoms with Crippen molar-refractivity contribution in [1.29, 1.82) is 0 Å². The van der Waals surface area contributed by atoms with Crippen LogP contribution in [0, 0.1) is 0 Å². The highest BCUT2D eigenvalue weighted by molar-refractivity contribution is 4.62. The molecule has 0 unspecified atom stereocenters. The lowest BCUT2D eigenvalue weighted by Gasteiger charge is -2.37. The van der Waals surface area contributed by atoms with E-state index in [1.807, 2.05) is 0 Å². The molecule has 0 aromatic carbocycles. The second-order valence-electron chi connectivity index (χ2n) is 3.63. The third-order valence-electron chi connectivity index (χ3n) is 2.76. The fraction of sp³-hybridized carbons (Fsp3) is 0.800. The fourth-order valence-corrected chi connectivity index (χ4v) is 2.08. The summed E-state index contributed by atoms with van der Waals surface area (Å²) in [5.41, 5.74) is 0. The SMILES string of the molecule is C=C[N+]1(CCC)CCCCC1. The van der Waals surface area contributed by atoms with Crippen molar-refractivity contribution in [2.75, 3.05) is 19.6 Å². The molecule has 0 spiro atoms. The predicted molar refractivity (Wildman–Crippen MR) is 49.2 cm³/mol. The summed E-state index contributed by atoms with van der Waals surface area (Å²) in [6.45, 7) is 10.2. The van der Waals surface area contributed by atoms with E-state index in [-0.39, 0.29) is 0 Å². The first kappa shape index (κ1) is 8.79. The van der Waals surface area contributed by atoms with Crippen LogP contribution in [-0.4, -0.2) is 24.1 Å². The Kier molecular flexibility index (Phi) is 3.13. The Morgan fingerprint density at radius 2 is 1.91 bits per heavy atom. The third-order valence-corrected chi connectivity index (χ3v) is 2.76. The zero-order valence-electron chi connectivity index (χ0n) is 7.68. The number of hydrogen-bond acceptors (Lipinski definition) is 0. The Balaban J connectivity index is 2.49. The quantitative estimate of drug-likeness (QED) is 0.548. The molecule has 1 saturated heterocycles. The van der Waals surface area contributed by atoms with E-state index in [1.54, 1.807) is 0 Å². The van der Waals surface area contributed by atoms with Crippen LogP contribution in [0.3, 0.4) is 0 Å². The highest BCUT2D eigenvalue weighted by Crippen LogP contribution is 2.19. The normalized spacial score (nSPS) is 23.0. The molecule has 1 nitrogen and oxygen atoms in total. The van der Waals surface area contributed by atoms with Crippen molar-refractivity contribution in [3.63, 3.8) is 0 Å². The summed E-state index contributed by atoms with van der Waals surface area (Å²) in [6.07, 6.45) is 7.66. The van der Waals surface area contributed by atoms with E-state index < -0.39 is 0 Å². The summed E-state index contributed by atoms with van der Waals surface area (Å²) in [4.78, 5) is 0. The average Bonchev–Trinajstić information content (AvgIpc) is 2.07. The van der Waals surface area contributed by atoms with Gasteiger partial charge < -0.3 is 0 Å². The van der Waals surface area contributed by atoms with Gasteiger partial charge in [0.1, 0.15) is 0 Å². The Morgan fingerprint density at radius 3 is 2.36 bits per heavy atom. The molecule has 1 rings (SSSR count). The Labute approximate surface area is 70.3 Å². The largest absolute Gasteiger partial charge is 0.298 e. The summed E-state index contributed by atoms with van der Waals surface area (Å²) < 4.78 is 1.18. The lowest BCUT2D eigenvalue weighted by molar-refractivity contribution is -0.884. The molecule has 1 aliphatic rings. The number of rotatable bonds is 3. The van der Waals surface area contributed by atoms with E-state index in [4.69, 9.17) is 0 Å². The molecule has 1 heterocycles.